The Morgan fingerprint density at radius 2 is 1.81 bits per heavy atom. The van der Waals surface area contributed by atoms with Crippen molar-refractivity contribution in [1.29, 1.82) is 0 Å². The van der Waals surface area contributed by atoms with Crippen LogP contribution in [0.1, 0.15) is 63.9 Å². The molecule has 0 bridgehead atoms. The molecule has 1 aliphatic heterocycles. The molecule has 1 saturated heterocycles. The van der Waals surface area contributed by atoms with Crippen LogP contribution in [0.5, 0.6) is 0 Å². The second-order valence-electron chi connectivity index (χ2n) is 11.3. The van der Waals surface area contributed by atoms with Crippen molar-refractivity contribution in [2.24, 2.45) is 14.1 Å². The van der Waals surface area contributed by atoms with Crippen LogP contribution in [0.15, 0.2) is 29.6 Å². The van der Waals surface area contributed by atoms with Crippen LogP contribution in [0.25, 0.3) is 11.5 Å². The molecule has 1 saturated carbocycles. The quantitative estimate of drug-likeness (QED) is 0.328. The van der Waals surface area contributed by atoms with E-state index in [0.29, 0.717) is 5.92 Å². The van der Waals surface area contributed by atoms with Crippen LogP contribution in [0.2, 0.25) is 0 Å². The van der Waals surface area contributed by atoms with Gasteiger partial charge in [-0.3, -0.25) is 4.90 Å². The van der Waals surface area contributed by atoms with E-state index in [-0.39, 0.29) is 5.41 Å². The number of aromatic nitrogens is 6. The summed E-state index contributed by atoms with van der Waals surface area (Å²) in [5.41, 5.74) is 2.32. The molecule has 5 rings (SSSR count). The zero-order chi connectivity index (χ0) is 25.3. The largest absolute Gasteiger partial charge is 0.354 e. The van der Waals surface area contributed by atoms with Gasteiger partial charge in [-0.1, -0.05) is 39.0 Å². The van der Waals surface area contributed by atoms with Gasteiger partial charge in [0.05, 0.1) is 5.69 Å². The Labute approximate surface area is 219 Å². The molecule has 194 valence electrons. The molecule has 2 fully saturated rings. The lowest BCUT2D eigenvalue weighted by Crippen LogP contribution is -2.47. The molecule has 4 heterocycles. The van der Waals surface area contributed by atoms with Crippen molar-refractivity contribution < 1.29 is 0 Å². The fraction of sp³-hybridized carbons (Fsp3) is 0.630. The van der Waals surface area contributed by atoms with Crippen LogP contribution in [-0.2, 0) is 19.5 Å². The van der Waals surface area contributed by atoms with E-state index in [9.17, 15) is 0 Å². The van der Waals surface area contributed by atoms with Crippen LogP contribution < -0.4 is 4.90 Å². The zero-order valence-corrected chi connectivity index (χ0v) is 23.3. The smallest absolute Gasteiger partial charge is 0.191 e. The first-order valence-electron chi connectivity index (χ1n) is 13.3. The predicted molar refractivity (Wildman–Crippen MR) is 147 cm³/mol. The van der Waals surface area contributed by atoms with Crippen molar-refractivity contribution >= 4 is 17.6 Å². The Bertz CT molecular complexity index is 1160. The standard InChI is InChI=1S/C27H40N8S/c1-27(2,3)25-28-21(20-9-6-10-20)19-23(29-25)35-16-14-34(15-17-35)13-8-18-36-26-31-30-24(33(26)5)22-11-7-12-32(22)4/h7,11-12,19-20H,6,8-10,13-18H2,1-5H3. The molecule has 0 radical (unpaired) electrons. The summed E-state index contributed by atoms with van der Waals surface area (Å²) in [6, 6.07) is 6.39. The molecule has 3 aromatic rings. The van der Waals surface area contributed by atoms with Crippen molar-refractivity contribution in [3.63, 3.8) is 0 Å². The average molecular weight is 509 g/mol. The monoisotopic (exact) mass is 508 g/mol. The van der Waals surface area contributed by atoms with Gasteiger partial charge < -0.3 is 14.0 Å². The van der Waals surface area contributed by atoms with E-state index in [1.807, 2.05) is 19.3 Å². The molecule has 3 aromatic heterocycles. The summed E-state index contributed by atoms with van der Waals surface area (Å²) in [4.78, 5) is 15.0. The fourth-order valence-corrected chi connectivity index (χ4v) is 5.71. The summed E-state index contributed by atoms with van der Waals surface area (Å²) < 4.78 is 4.18. The van der Waals surface area contributed by atoms with Gasteiger partial charge in [-0.05, 0) is 37.9 Å². The molecule has 0 N–H and O–H groups in total. The van der Waals surface area contributed by atoms with E-state index >= 15 is 0 Å². The molecule has 0 aromatic carbocycles. The highest BCUT2D eigenvalue weighted by molar-refractivity contribution is 7.99. The minimum atomic E-state index is -0.0294. The first kappa shape index (κ1) is 25.3. The van der Waals surface area contributed by atoms with Gasteiger partial charge in [-0.15, -0.1) is 10.2 Å². The third-order valence-corrected chi connectivity index (χ3v) is 8.59. The summed E-state index contributed by atoms with van der Waals surface area (Å²) in [5, 5.41) is 9.82. The van der Waals surface area contributed by atoms with Gasteiger partial charge in [-0.25, -0.2) is 9.97 Å². The third kappa shape index (κ3) is 5.47. The summed E-state index contributed by atoms with van der Waals surface area (Å²) in [7, 11) is 4.09. The van der Waals surface area contributed by atoms with Crippen molar-refractivity contribution in [2.75, 3.05) is 43.4 Å². The molecular formula is C27H40N8S. The maximum absolute atomic E-state index is 5.01. The van der Waals surface area contributed by atoms with Crippen molar-refractivity contribution in [1.82, 2.24) is 34.2 Å². The second kappa shape index (κ2) is 10.5. The first-order valence-corrected chi connectivity index (χ1v) is 14.3. The van der Waals surface area contributed by atoms with Gasteiger partial charge in [0.25, 0.3) is 0 Å². The molecule has 0 amide bonds. The average Bonchev–Trinajstić information content (AvgIpc) is 3.40. The lowest BCUT2D eigenvalue weighted by Gasteiger charge is -2.36. The van der Waals surface area contributed by atoms with Crippen LogP contribution in [-0.4, -0.2) is 72.7 Å². The second-order valence-corrected chi connectivity index (χ2v) is 12.3. The van der Waals surface area contributed by atoms with Crippen molar-refractivity contribution in [3.05, 3.63) is 35.9 Å². The van der Waals surface area contributed by atoms with E-state index in [1.54, 1.807) is 11.8 Å². The Kier molecular flexibility index (Phi) is 7.40. The van der Waals surface area contributed by atoms with E-state index in [0.717, 1.165) is 73.2 Å². The normalized spacial score (nSPS) is 17.5. The Morgan fingerprint density at radius 1 is 1.03 bits per heavy atom. The summed E-state index contributed by atoms with van der Waals surface area (Å²) in [6.07, 6.45) is 7.06. The Hall–Kier alpha value is -2.39. The minimum absolute atomic E-state index is 0.0294. The molecule has 0 unspecified atom stereocenters. The molecular weight excluding hydrogens is 468 g/mol. The predicted octanol–water partition coefficient (Wildman–Crippen LogP) is 4.48. The molecule has 1 aliphatic carbocycles. The van der Waals surface area contributed by atoms with E-state index < -0.39 is 0 Å². The number of hydrogen-bond acceptors (Lipinski definition) is 7. The topological polar surface area (TPSA) is 67.9 Å². The summed E-state index contributed by atoms with van der Waals surface area (Å²) in [5.74, 6) is 4.71. The highest BCUT2D eigenvalue weighted by atomic mass is 32.2. The lowest BCUT2D eigenvalue weighted by atomic mass is 9.82. The maximum atomic E-state index is 5.01. The molecule has 36 heavy (non-hydrogen) atoms. The first-order chi connectivity index (χ1) is 17.3. The van der Waals surface area contributed by atoms with Gasteiger partial charge >= 0.3 is 0 Å². The molecule has 0 atom stereocenters. The number of anilines is 1. The van der Waals surface area contributed by atoms with Crippen LogP contribution in [0, 0.1) is 0 Å². The Morgan fingerprint density at radius 3 is 2.44 bits per heavy atom. The van der Waals surface area contributed by atoms with Crippen LogP contribution in [0.3, 0.4) is 0 Å². The summed E-state index contributed by atoms with van der Waals surface area (Å²) in [6.45, 7) is 12.0. The van der Waals surface area contributed by atoms with Gasteiger partial charge in [0, 0.05) is 75.3 Å². The van der Waals surface area contributed by atoms with Gasteiger partial charge in [0.2, 0.25) is 0 Å². The number of aryl methyl sites for hydroxylation is 1. The van der Waals surface area contributed by atoms with Gasteiger partial charge in [0.1, 0.15) is 11.6 Å². The van der Waals surface area contributed by atoms with E-state index in [2.05, 4.69) is 69.1 Å². The molecule has 9 heteroatoms. The van der Waals surface area contributed by atoms with Crippen LogP contribution in [0.4, 0.5) is 5.82 Å². The van der Waals surface area contributed by atoms with Crippen LogP contribution >= 0.6 is 11.8 Å². The number of rotatable bonds is 8. The molecule has 2 aliphatic rings. The lowest BCUT2D eigenvalue weighted by molar-refractivity contribution is 0.258. The number of thioether (sulfide) groups is 1. The van der Waals surface area contributed by atoms with Gasteiger partial charge in [0.15, 0.2) is 11.0 Å². The van der Waals surface area contributed by atoms with E-state index in [4.69, 9.17) is 9.97 Å². The highest BCUT2D eigenvalue weighted by Gasteiger charge is 2.27. The van der Waals surface area contributed by atoms with Gasteiger partial charge in [-0.2, -0.15) is 0 Å². The number of hydrogen-bond donors (Lipinski definition) is 0. The van der Waals surface area contributed by atoms with Crippen molar-refractivity contribution in [2.45, 2.75) is 62.9 Å². The molecule has 8 nitrogen and oxygen atoms in total. The van der Waals surface area contributed by atoms with E-state index in [1.165, 1.54) is 25.0 Å². The zero-order valence-electron chi connectivity index (χ0n) is 22.4. The SMILES string of the molecule is Cn1cccc1-c1nnc(SCCCN2CCN(c3cc(C4CCC4)nc(C(C)(C)C)n3)CC2)n1C. The molecule has 0 spiro atoms. The highest BCUT2D eigenvalue weighted by Crippen LogP contribution is 2.37. The number of nitrogens with zero attached hydrogens (tertiary/aromatic N) is 8. The Balaban J connectivity index is 1.11. The number of piperazine rings is 1. The maximum Gasteiger partial charge on any atom is 0.191 e. The summed E-state index contributed by atoms with van der Waals surface area (Å²) >= 11 is 1.80. The van der Waals surface area contributed by atoms with Crippen molar-refractivity contribution in [3.8, 4) is 11.5 Å². The fourth-order valence-electron chi connectivity index (χ4n) is 4.87. The third-order valence-electron chi connectivity index (χ3n) is 7.48. The minimum Gasteiger partial charge on any atom is -0.354 e.